The number of hydrogen-bond acceptors (Lipinski definition) is 4. The highest BCUT2D eigenvalue weighted by molar-refractivity contribution is 7.89. The predicted octanol–water partition coefficient (Wildman–Crippen LogP) is 0.874. The predicted molar refractivity (Wildman–Crippen MR) is 92.1 cm³/mol. The Morgan fingerprint density at radius 2 is 2.00 bits per heavy atom. The first kappa shape index (κ1) is 17.4. The van der Waals surface area contributed by atoms with E-state index in [9.17, 15) is 13.2 Å². The summed E-state index contributed by atoms with van der Waals surface area (Å²) in [5.74, 6) is -0.285. The molecule has 1 aromatic carbocycles. The average Bonchev–Trinajstić information content (AvgIpc) is 3.08. The first-order valence-electron chi connectivity index (χ1n) is 8.55. The van der Waals surface area contributed by atoms with Crippen LogP contribution in [-0.4, -0.2) is 50.9 Å². The van der Waals surface area contributed by atoms with Crippen LogP contribution in [-0.2, 0) is 14.8 Å². The Bertz CT molecular complexity index is 682. The summed E-state index contributed by atoms with van der Waals surface area (Å²) < 4.78 is 27.0. The molecule has 0 aromatic heterocycles. The lowest BCUT2D eigenvalue weighted by atomic mass is 9.98. The summed E-state index contributed by atoms with van der Waals surface area (Å²) in [6.45, 7) is 4.39. The summed E-state index contributed by atoms with van der Waals surface area (Å²) in [7, 11) is -3.53. The number of nitrogens with one attached hydrogen (secondary N) is 2. The van der Waals surface area contributed by atoms with Crippen LogP contribution in [0.3, 0.4) is 0 Å². The number of rotatable bonds is 4. The summed E-state index contributed by atoms with van der Waals surface area (Å²) >= 11 is 0. The molecule has 2 heterocycles. The number of carbonyl (C=O) groups is 1. The van der Waals surface area contributed by atoms with Gasteiger partial charge in [0.2, 0.25) is 15.9 Å². The molecule has 3 rings (SSSR count). The van der Waals surface area contributed by atoms with Crippen molar-refractivity contribution in [1.82, 2.24) is 14.9 Å². The van der Waals surface area contributed by atoms with Gasteiger partial charge < -0.3 is 10.6 Å². The molecule has 2 aliphatic rings. The van der Waals surface area contributed by atoms with Crippen LogP contribution in [0.4, 0.5) is 0 Å². The zero-order valence-electron chi connectivity index (χ0n) is 14.0. The highest BCUT2D eigenvalue weighted by atomic mass is 32.2. The Morgan fingerprint density at radius 1 is 1.25 bits per heavy atom. The smallest absolute Gasteiger partial charge is 0.243 e. The topological polar surface area (TPSA) is 78.5 Å². The number of aryl methyl sites for hydroxylation is 1. The van der Waals surface area contributed by atoms with E-state index in [1.165, 1.54) is 4.31 Å². The minimum absolute atomic E-state index is 0.0208. The Kier molecular flexibility index (Phi) is 5.22. The van der Waals surface area contributed by atoms with E-state index in [0.29, 0.717) is 17.9 Å². The van der Waals surface area contributed by atoms with E-state index in [4.69, 9.17) is 0 Å². The molecule has 1 amide bonds. The molecule has 6 nitrogen and oxygen atoms in total. The fraction of sp³-hybridized carbons (Fsp3) is 0.588. The molecule has 1 aromatic rings. The minimum Gasteiger partial charge on any atom is -0.352 e. The van der Waals surface area contributed by atoms with Crippen LogP contribution in [0.1, 0.15) is 24.8 Å². The quantitative estimate of drug-likeness (QED) is 0.844. The van der Waals surface area contributed by atoms with Gasteiger partial charge in [-0.25, -0.2) is 8.42 Å². The molecule has 132 valence electrons. The molecule has 7 heteroatoms. The van der Waals surface area contributed by atoms with Crippen molar-refractivity contribution in [3.63, 3.8) is 0 Å². The van der Waals surface area contributed by atoms with Gasteiger partial charge in [0.05, 0.1) is 10.8 Å². The maximum absolute atomic E-state index is 12.8. The fourth-order valence-corrected chi connectivity index (χ4v) is 4.85. The first-order chi connectivity index (χ1) is 11.5. The second kappa shape index (κ2) is 7.21. The summed E-state index contributed by atoms with van der Waals surface area (Å²) in [6.07, 6.45) is 2.39. The third kappa shape index (κ3) is 3.79. The molecule has 2 saturated heterocycles. The SMILES string of the molecule is Cc1ccc(S(=O)(=O)N2CCCC(C(=O)NC3CCNC3)C2)cc1. The number of amides is 1. The van der Waals surface area contributed by atoms with Crippen molar-refractivity contribution in [1.29, 1.82) is 0 Å². The second-order valence-corrected chi connectivity index (χ2v) is 8.65. The van der Waals surface area contributed by atoms with Crippen LogP contribution in [0.2, 0.25) is 0 Å². The molecule has 2 fully saturated rings. The van der Waals surface area contributed by atoms with E-state index >= 15 is 0 Å². The van der Waals surface area contributed by atoms with Crippen molar-refractivity contribution in [2.75, 3.05) is 26.2 Å². The van der Waals surface area contributed by atoms with Gasteiger partial charge in [-0.1, -0.05) is 17.7 Å². The lowest BCUT2D eigenvalue weighted by Crippen LogP contribution is -2.47. The molecule has 2 atom stereocenters. The van der Waals surface area contributed by atoms with Gasteiger partial charge in [0, 0.05) is 25.7 Å². The van der Waals surface area contributed by atoms with Gasteiger partial charge in [-0.3, -0.25) is 4.79 Å². The van der Waals surface area contributed by atoms with Crippen molar-refractivity contribution < 1.29 is 13.2 Å². The standard InChI is InChI=1S/C17H25N3O3S/c1-13-4-6-16(7-5-13)24(22,23)20-10-2-3-14(12-20)17(21)19-15-8-9-18-11-15/h4-7,14-15,18H,2-3,8-12H2,1H3,(H,19,21). The Labute approximate surface area is 143 Å². The molecule has 0 aliphatic carbocycles. The molecule has 0 radical (unpaired) electrons. The van der Waals surface area contributed by atoms with Gasteiger partial charge in [0.1, 0.15) is 0 Å². The van der Waals surface area contributed by atoms with E-state index in [0.717, 1.165) is 31.5 Å². The normalized spacial score (nSPS) is 25.5. The monoisotopic (exact) mass is 351 g/mol. The number of piperidine rings is 1. The van der Waals surface area contributed by atoms with Crippen LogP contribution in [0.5, 0.6) is 0 Å². The summed E-state index contributed by atoms with van der Waals surface area (Å²) in [6, 6.07) is 7.04. The summed E-state index contributed by atoms with van der Waals surface area (Å²) in [4.78, 5) is 12.7. The van der Waals surface area contributed by atoms with E-state index in [2.05, 4.69) is 10.6 Å². The van der Waals surface area contributed by atoms with Crippen molar-refractivity contribution in [2.24, 2.45) is 5.92 Å². The fourth-order valence-electron chi connectivity index (χ4n) is 3.33. The van der Waals surface area contributed by atoms with Crippen LogP contribution >= 0.6 is 0 Å². The van der Waals surface area contributed by atoms with Gasteiger partial charge >= 0.3 is 0 Å². The Balaban J connectivity index is 1.68. The zero-order chi connectivity index (χ0) is 17.2. The van der Waals surface area contributed by atoms with Crippen molar-refractivity contribution in [3.05, 3.63) is 29.8 Å². The number of carbonyl (C=O) groups excluding carboxylic acids is 1. The van der Waals surface area contributed by atoms with Gasteiger partial charge in [-0.2, -0.15) is 4.31 Å². The minimum atomic E-state index is -3.53. The van der Waals surface area contributed by atoms with Gasteiger partial charge in [0.25, 0.3) is 0 Å². The average molecular weight is 351 g/mol. The zero-order valence-corrected chi connectivity index (χ0v) is 14.8. The first-order valence-corrected chi connectivity index (χ1v) is 9.99. The molecule has 24 heavy (non-hydrogen) atoms. The Morgan fingerprint density at radius 3 is 2.67 bits per heavy atom. The molecule has 0 spiro atoms. The third-order valence-electron chi connectivity index (χ3n) is 4.82. The van der Waals surface area contributed by atoms with Crippen LogP contribution in [0.25, 0.3) is 0 Å². The summed E-state index contributed by atoms with van der Waals surface area (Å²) in [5, 5.41) is 6.26. The van der Waals surface area contributed by atoms with Crippen molar-refractivity contribution in [3.8, 4) is 0 Å². The van der Waals surface area contributed by atoms with E-state index in [1.54, 1.807) is 24.3 Å². The molecule has 2 unspecified atom stereocenters. The lowest BCUT2D eigenvalue weighted by Gasteiger charge is -2.31. The van der Waals surface area contributed by atoms with Gasteiger partial charge in [-0.05, 0) is 44.9 Å². The maximum atomic E-state index is 12.8. The van der Waals surface area contributed by atoms with Crippen molar-refractivity contribution >= 4 is 15.9 Å². The van der Waals surface area contributed by atoms with Gasteiger partial charge in [0.15, 0.2) is 0 Å². The number of sulfonamides is 1. The molecule has 0 bridgehead atoms. The largest absolute Gasteiger partial charge is 0.352 e. The van der Waals surface area contributed by atoms with E-state index < -0.39 is 10.0 Å². The van der Waals surface area contributed by atoms with Crippen LogP contribution in [0, 0.1) is 12.8 Å². The Hall–Kier alpha value is -1.44. The number of hydrogen-bond donors (Lipinski definition) is 2. The van der Waals surface area contributed by atoms with Crippen LogP contribution < -0.4 is 10.6 Å². The number of nitrogens with zero attached hydrogens (tertiary/aromatic N) is 1. The van der Waals surface area contributed by atoms with E-state index in [1.807, 2.05) is 6.92 Å². The van der Waals surface area contributed by atoms with Crippen molar-refractivity contribution in [2.45, 2.75) is 37.1 Å². The highest BCUT2D eigenvalue weighted by Gasteiger charge is 2.34. The molecule has 0 saturated carbocycles. The molecule has 2 N–H and O–H groups in total. The third-order valence-corrected chi connectivity index (χ3v) is 6.70. The maximum Gasteiger partial charge on any atom is 0.243 e. The lowest BCUT2D eigenvalue weighted by molar-refractivity contribution is -0.126. The molecular weight excluding hydrogens is 326 g/mol. The summed E-state index contributed by atoms with van der Waals surface area (Å²) in [5.41, 5.74) is 1.02. The molecule has 2 aliphatic heterocycles. The highest BCUT2D eigenvalue weighted by Crippen LogP contribution is 2.24. The van der Waals surface area contributed by atoms with E-state index in [-0.39, 0.29) is 24.4 Å². The van der Waals surface area contributed by atoms with Crippen LogP contribution in [0.15, 0.2) is 29.2 Å². The van der Waals surface area contributed by atoms with Gasteiger partial charge in [-0.15, -0.1) is 0 Å². The molecular formula is C17H25N3O3S. The second-order valence-electron chi connectivity index (χ2n) is 6.71. The number of benzene rings is 1.